The zero-order valence-electron chi connectivity index (χ0n) is 14.0. The highest BCUT2D eigenvalue weighted by Crippen LogP contribution is 2.16. The summed E-state index contributed by atoms with van der Waals surface area (Å²) in [6.45, 7) is 9.89. The summed E-state index contributed by atoms with van der Waals surface area (Å²) >= 11 is 0. The maximum Gasteiger partial charge on any atom is 0.0587 e. The Morgan fingerprint density at radius 1 is 1.14 bits per heavy atom. The van der Waals surface area contributed by atoms with Crippen LogP contribution in [0, 0.1) is 12.8 Å². The lowest BCUT2D eigenvalue weighted by Crippen LogP contribution is -2.28. The van der Waals surface area contributed by atoms with E-state index >= 15 is 0 Å². The second-order valence-electron chi connectivity index (χ2n) is 5.90. The SMILES string of the molecule is COCCNCC(CCOC(C)C)Cc1ccccc1C. The summed E-state index contributed by atoms with van der Waals surface area (Å²) in [5.74, 6) is 0.599. The maximum atomic E-state index is 5.72. The molecule has 1 N–H and O–H groups in total. The Balaban J connectivity index is 2.47. The lowest BCUT2D eigenvalue weighted by atomic mass is 9.94. The maximum absolute atomic E-state index is 5.72. The minimum atomic E-state index is 0.311. The molecule has 1 unspecified atom stereocenters. The van der Waals surface area contributed by atoms with Crippen molar-refractivity contribution in [3.05, 3.63) is 35.4 Å². The summed E-state index contributed by atoms with van der Waals surface area (Å²) in [6.07, 6.45) is 2.51. The molecule has 0 amide bonds. The zero-order chi connectivity index (χ0) is 15.5. The molecule has 0 radical (unpaired) electrons. The number of rotatable bonds is 11. The summed E-state index contributed by atoms with van der Waals surface area (Å²) in [5.41, 5.74) is 2.82. The fourth-order valence-corrected chi connectivity index (χ4v) is 2.38. The molecule has 3 heteroatoms. The van der Waals surface area contributed by atoms with Crippen LogP contribution in [0.3, 0.4) is 0 Å². The summed E-state index contributed by atoms with van der Waals surface area (Å²) in [4.78, 5) is 0. The van der Waals surface area contributed by atoms with E-state index in [4.69, 9.17) is 9.47 Å². The molecule has 1 atom stereocenters. The highest BCUT2D eigenvalue weighted by Gasteiger charge is 2.11. The van der Waals surface area contributed by atoms with Crippen LogP contribution in [-0.4, -0.2) is 39.5 Å². The number of hydrogen-bond acceptors (Lipinski definition) is 3. The third-order valence-electron chi connectivity index (χ3n) is 3.66. The number of benzene rings is 1. The van der Waals surface area contributed by atoms with Crippen LogP contribution in [0.1, 0.15) is 31.4 Å². The fourth-order valence-electron chi connectivity index (χ4n) is 2.38. The van der Waals surface area contributed by atoms with Gasteiger partial charge in [0.05, 0.1) is 12.7 Å². The van der Waals surface area contributed by atoms with Crippen LogP contribution in [0.5, 0.6) is 0 Å². The number of methoxy groups -OCH3 is 1. The van der Waals surface area contributed by atoms with Crippen LogP contribution in [0.4, 0.5) is 0 Å². The summed E-state index contributed by atoms with van der Waals surface area (Å²) in [7, 11) is 1.74. The first-order valence-electron chi connectivity index (χ1n) is 7.99. The third kappa shape index (κ3) is 8.20. The second-order valence-corrected chi connectivity index (χ2v) is 5.90. The Labute approximate surface area is 130 Å². The molecule has 0 heterocycles. The van der Waals surface area contributed by atoms with E-state index in [0.717, 1.165) is 39.1 Å². The number of nitrogens with one attached hydrogen (secondary N) is 1. The number of hydrogen-bond donors (Lipinski definition) is 1. The van der Waals surface area contributed by atoms with Gasteiger partial charge in [-0.1, -0.05) is 24.3 Å². The molecule has 1 rings (SSSR count). The van der Waals surface area contributed by atoms with Gasteiger partial charge in [-0.25, -0.2) is 0 Å². The van der Waals surface area contributed by atoms with Crippen molar-refractivity contribution < 1.29 is 9.47 Å². The first kappa shape index (κ1) is 18.1. The molecule has 3 nitrogen and oxygen atoms in total. The lowest BCUT2D eigenvalue weighted by Gasteiger charge is -2.19. The van der Waals surface area contributed by atoms with E-state index in [-0.39, 0.29) is 0 Å². The monoisotopic (exact) mass is 293 g/mol. The first-order chi connectivity index (χ1) is 10.1. The molecule has 0 spiro atoms. The first-order valence-corrected chi connectivity index (χ1v) is 7.99. The Bertz CT molecular complexity index is 379. The summed E-state index contributed by atoms with van der Waals surface area (Å²) < 4.78 is 10.8. The Hall–Kier alpha value is -0.900. The molecule has 0 aliphatic carbocycles. The third-order valence-corrected chi connectivity index (χ3v) is 3.66. The van der Waals surface area contributed by atoms with Crippen molar-refractivity contribution in [3.63, 3.8) is 0 Å². The molecule has 1 aromatic carbocycles. The van der Waals surface area contributed by atoms with Gasteiger partial charge in [-0.3, -0.25) is 0 Å². The van der Waals surface area contributed by atoms with Gasteiger partial charge in [0.2, 0.25) is 0 Å². The molecule has 1 aromatic rings. The average molecular weight is 293 g/mol. The molecule has 120 valence electrons. The molecule has 0 saturated heterocycles. The predicted molar refractivity (Wildman–Crippen MR) is 88.8 cm³/mol. The summed E-state index contributed by atoms with van der Waals surface area (Å²) in [5, 5.41) is 3.48. The van der Waals surface area contributed by atoms with Gasteiger partial charge in [-0.15, -0.1) is 0 Å². The van der Waals surface area contributed by atoms with Crippen molar-refractivity contribution in [2.75, 3.05) is 33.4 Å². The van der Waals surface area contributed by atoms with Gasteiger partial charge in [0, 0.05) is 20.3 Å². The van der Waals surface area contributed by atoms with Gasteiger partial charge in [-0.2, -0.15) is 0 Å². The topological polar surface area (TPSA) is 30.5 Å². The van der Waals surface area contributed by atoms with Gasteiger partial charge < -0.3 is 14.8 Å². The van der Waals surface area contributed by atoms with Crippen LogP contribution < -0.4 is 5.32 Å². The van der Waals surface area contributed by atoms with Crippen molar-refractivity contribution in [2.24, 2.45) is 5.92 Å². The average Bonchev–Trinajstić information content (AvgIpc) is 2.45. The zero-order valence-corrected chi connectivity index (χ0v) is 14.0. The van der Waals surface area contributed by atoms with Crippen LogP contribution in [0.15, 0.2) is 24.3 Å². The standard InChI is InChI=1S/C18H31NO2/c1-15(2)21-11-9-17(14-19-10-12-20-4)13-18-8-6-5-7-16(18)3/h5-8,15,17,19H,9-14H2,1-4H3. The van der Waals surface area contributed by atoms with Gasteiger partial charge in [0.15, 0.2) is 0 Å². The van der Waals surface area contributed by atoms with Gasteiger partial charge in [0.25, 0.3) is 0 Å². The van der Waals surface area contributed by atoms with Crippen molar-refractivity contribution in [1.29, 1.82) is 0 Å². The van der Waals surface area contributed by atoms with Crippen molar-refractivity contribution in [2.45, 2.75) is 39.7 Å². The van der Waals surface area contributed by atoms with E-state index in [2.05, 4.69) is 50.4 Å². The van der Waals surface area contributed by atoms with Crippen LogP contribution in [0.2, 0.25) is 0 Å². The van der Waals surface area contributed by atoms with Gasteiger partial charge in [0.1, 0.15) is 0 Å². The molecule has 0 aliphatic heterocycles. The normalized spacial score (nSPS) is 12.8. The van der Waals surface area contributed by atoms with E-state index in [1.165, 1.54) is 11.1 Å². The molecule has 21 heavy (non-hydrogen) atoms. The van der Waals surface area contributed by atoms with Crippen molar-refractivity contribution >= 4 is 0 Å². The van der Waals surface area contributed by atoms with E-state index < -0.39 is 0 Å². The molecule has 0 aromatic heterocycles. The fraction of sp³-hybridized carbons (Fsp3) is 0.667. The van der Waals surface area contributed by atoms with Gasteiger partial charge >= 0.3 is 0 Å². The Morgan fingerprint density at radius 3 is 2.57 bits per heavy atom. The number of aryl methyl sites for hydroxylation is 1. The van der Waals surface area contributed by atoms with E-state index in [1.807, 2.05) is 0 Å². The van der Waals surface area contributed by atoms with E-state index in [9.17, 15) is 0 Å². The molecule has 0 saturated carbocycles. The minimum Gasteiger partial charge on any atom is -0.383 e. The second kappa shape index (κ2) is 10.8. The lowest BCUT2D eigenvalue weighted by molar-refractivity contribution is 0.0681. The highest BCUT2D eigenvalue weighted by molar-refractivity contribution is 5.25. The Kier molecular flexibility index (Phi) is 9.31. The molecule has 0 fully saturated rings. The van der Waals surface area contributed by atoms with E-state index in [1.54, 1.807) is 7.11 Å². The highest BCUT2D eigenvalue weighted by atomic mass is 16.5. The molecular formula is C18H31NO2. The molecule has 0 aliphatic rings. The minimum absolute atomic E-state index is 0.311. The van der Waals surface area contributed by atoms with E-state index in [0.29, 0.717) is 12.0 Å². The van der Waals surface area contributed by atoms with Crippen LogP contribution in [0.25, 0.3) is 0 Å². The van der Waals surface area contributed by atoms with Crippen molar-refractivity contribution in [3.8, 4) is 0 Å². The number of ether oxygens (including phenoxy) is 2. The Morgan fingerprint density at radius 2 is 1.90 bits per heavy atom. The van der Waals surface area contributed by atoms with Crippen molar-refractivity contribution in [1.82, 2.24) is 5.32 Å². The van der Waals surface area contributed by atoms with Crippen LogP contribution in [-0.2, 0) is 15.9 Å². The quantitative estimate of drug-likeness (QED) is 0.636. The predicted octanol–water partition coefficient (Wildman–Crippen LogP) is 3.20. The van der Waals surface area contributed by atoms with Crippen LogP contribution >= 0.6 is 0 Å². The molecular weight excluding hydrogens is 262 g/mol. The smallest absolute Gasteiger partial charge is 0.0587 e. The summed E-state index contributed by atoms with van der Waals surface area (Å²) in [6, 6.07) is 8.66. The van der Waals surface area contributed by atoms with Gasteiger partial charge in [-0.05, 0) is 57.2 Å². The molecule has 0 bridgehead atoms. The largest absolute Gasteiger partial charge is 0.383 e.